The van der Waals surface area contributed by atoms with E-state index < -0.39 is 5.82 Å². The lowest BCUT2D eigenvalue weighted by Crippen LogP contribution is -2.38. The Bertz CT molecular complexity index is 866. The van der Waals surface area contributed by atoms with Gasteiger partial charge >= 0.3 is 0 Å². The molecule has 11 heteroatoms. The maximum Gasteiger partial charge on any atom is 0.228 e. The number of halogens is 2. The summed E-state index contributed by atoms with van der Waals surface area (Å²) in [6.45, 7) is 4.79. The lowest BCUT2D eigenvalue weighted by Gasteiger charge is -2.29. The second-order valence-electron chi connectivity index (χ2n) is 6.36. The van der Waals surface area contributed by atoms with Crippen molar-refractivity contribution in [3.8, 4) is 0 Å². The fraction of sp³-hybridized carbons (Fsp3) is 0.412. The molecule has 0 saturated carbocycles. The van der Waals surface area contributed by atoms with Crippen molar-refractivity contribution < 1.29 is 19.0 Å². The zero-order chi connectivity index (χ0) is 20.1. The highest BCUT2D eigenvalue weighted by atomic mass is 79.9. The molecule has 9 nitrogen and oxygen atoms in total. The van der Waals surface area contributed by atoms with Gasteiger partial charge < -0.3 is 20.7 Å². The second-order valence-corrected chi connectivity index (χ2v) is 7.22. The maximum atomic E-state index is 13.4. The average Bonchev–Trinajstić information content (AvgIpc) is 3.16. The summed E-state index contributed by atoms with van der Waals surface area (Å²) in [5.41, 5.74) is 0.468. The van der Waals surface area contributed by atoms with E-state index in [1.807, 2.05) is 0 Å². The Hall–Kier alpha value is -2.53. The summed E-state index contributed by atoms with van der Waals surface area (Å²) in [4.78, 5) is 14.8. The molecular weight excluding hydrogens is 435 g/mol. The molecule has 28 heavy (non-hydrogen) atoms. The van der Waals surface area contributed by atoms with Crippen LogP contribution in [0.1, 0.15) is 25.5 Å². The third-order valence-corrected chi connectivity index (χ3v) is 5.25. The van der Waals surface area contributed by atoms with E-state index in [1.165, 1.54) is 18.2 Å². The number of rotatable bonds is 5. The number of amides is 1. The van der Waals surface area contributed by atoms with Crippen LogP contribution in [0.3, 0.4) is 0 Å². The number of amidine groups is 1. The predicted octanol–water partition coefficient (Wildman–Crippen LogP) is 2.89. The molecule has 0 atom stereocenters. The van der Waals surface area contributed by atoms with Gasteiger partial charge in [0.2, 0.25) is 17.6 Å². The molecule has 1 aromatic heterocycles. The number of carbonyl (C=O) groups excluding carboxylic acids is 1. The largest absolute Gasteiger partial charge is 0.409 e. The maximum absolute atomic E-state index is 13.4. The number of likely N-dealkylation sites (tertiary alicyclic amines) is 1. The minimum Gasteiger partial charge on any atom is -0.409 e. The first-order valence-electron chi connectivity index (χ1n) is 8.82. The van der Waals surface area contributed by atoms with E-state index in [0.29, 0.717) is 5.69 Å². The molecule has 2 aromatic rings. The first-order chi connectivity index (χ1) is 13.5. The molecular formula is C17H20BrFN6O3. The topological polar surface area (TPSA) is 116 Å². The van der Waals surface area contributed by atoms with Gasteiger partial charge in [-0.3, -0.25) is 4.79 Å². The molecule has 1 aliphatic heterocycles. The van der Waals surface area contributed by atoms with Crippen molar-refractivity contribution in [2.75, 3.05) is 30.3 Å². The smallest absolute Gasteiger partial charge is 0.228 e. The lowest BCUT2D eigenvalue weighted by molar-refractivity contribution is -0.121. The van der Waals surface area contributed by atoms with Crippen molar-refractivity contribution in [1.29, 1.82) is 0 Å². The Balaban J connectivity index is 1.69. The number of carbonyl (C=O) groups is 1. The number of nitrogens with zero attached hydrogens (tertiary/aromatic N) is 4. The van der Waals surface area contributed by atoms with Crippen molar-refractivity contribution >= 4 is 39.2 Å². The number of oxime groups is 1. The number of hydrogen-bond donors (Lipinski definition) is 3. The summed E-state index contributed by atoms with van der Waals surface area (Å²) in [7, 11) is 0. The van der Waals surface area contributed by atoms with Gasteiger partial charge in [-0.15, -0.1) is 0 Å². The van der Waals surface area contributed by atoms with Crippen LogP contribution in [0.5, 0.6) is 0 Å². The third kappa shape index (κ3) is 4.65. The molecule has 0 radical (unpaired) electrons. The van der Waals surface area contributed by atoms with Gasteiger partial charge in [-0.05, 0) is 76.9 Å². The van der Waals surface area contributed by atoms with Crippen molar-refractivity contribution in [2.45, 2.75) is 19.8 Å². The number of anilines is 2. The Morgan fingerprint density at radius 2 is 2.14 bits per heavy atom. The molecule has 0 aliphatic carbocycles. The normalized spacial score (nSPS) is 16.2. The summed E-state index contributed by atoms with van der Waals surface area (Å²) < 4.78 is 18.3. The molecule has 150 valence electrons. The van der Waals surface area contributed by atoms with Gasteiger partial charge in [0.25, 0.3) is 0 Å². The van der Waals surface area contributed by atoms with Crippen LogP contribution < -0.4 is 10.6 Å². The Labute approximate surface area is 169 Å². The monoisotopic (exact) mass is 454 g/mol. The van der Waals surface area contributed by atoms with Crippen LogP contribution in [-0.4, -0.2) is 51.8 Å². The Morgan fingerprint density at radius 1 is 1.39 bits per heavy atom. The van der Waals surface area contributed by atoms with Gasteiger partial charge in [0.05, 0.1) is 4.47 Å². The van der Waals surface area contributed by atoms with Crippen LogP contribution in [0.15, 0.2) is 32.5 Å². The van der Waals surface area contributed by atoms with E-state index in [4.69, 9.17) is 4.63 Å². The molecule has 3 rings (SSSR count). The van der Waals surface area contributed by atoms with Crippen molar-refractivity contribution in [2.24, 2.45) is 11.1 Å². The van der Waals surface area contributed by atoms with Crippen LogP contribution >= 0.6 is 15.9 Å². The summed E-state index contributed by atoms with van der Waals surface area (Å²) in [5, 5.41) is 25.4. The molecule has 1 fully saturated rings. The lowest BCUT2D eigenvalue weighted by atomic mass is 9.96. The molecule has 0 unspecified atom stereocenters. The molecule has 1 aromatic carbocycles. The summed E-state index contributed by atoms with van der Waals surface area (Å²) in [5.74, 6) is -0.809. The van der Waals surface area contributed by atoms with Gasteiger partial charge in [0, 0.05) is 11.6 Å². The van der Waals surface area contributed by atoms with Crippen LogP contribution in [0.4, 0.5) is 15.9 Å². The first-order valence-corrected chi connectivity index (χ1v) is 9.61. The Kier molecular flexibility index (Phi) is 6.57. The second kappa shape index (κ2) is 9.11. The van der Waals surface area contributed by atoms with E-state index in [9.17, 15) is 14.4 Å². The van der Waals surface area contributed by atoms with Crippen molar-refractivity contribution in [1.82, 2.24) is 15.2 Å². The van der Waals surface area contributed by atoms with Gasteiger partial charge in [0.15, 0.2) is 5.69 Å². The van der Waals surface area contributed by atoms with Gasteiger partial charge in [-0.1, -0.05) is 12.1 Å². The van der Waals surface area contributed by atoms with Crippen LogP contribution in [0.25, 0.3) is 0 Å². The predicted molar refractivity (Wildman–Crippen MR) is 104 cm³/mol. The highest BCUT2D eigenvalue weighted by molar-refractivity contribution is 9.10. The zero-order valence-electron chi connectivity index (χ0n) is 15.2. The minimum absolute atomic E-state index is 0.0299. The van der Waals surface area contributed by atoms with Gasteiger partial charge in [-0.2, -0.15) is 0 Å². The summed E-state index contributed by atoms with van der Waals surface area (Å²) >= 11 is 3.08. The number of piperidine rings is 1. The average molecular weight is 455 g/mol. The third-order valence-electron chi connectivity index (χ3n) is 4.64. The molecule has 1 saturated heterocycles. The fourth-order valence-electron chi connectivity index (χ4n) is 3.00. The number of benzene rings is 1. The standard InChI is InChI=1S/C17H20BrFN6O3/c1-2-25-7-5-10(6-8-25)17(26)21-16-14(23-28-24-16)15(22-27)20-11-3-4-13(19)12(18)9-11/h3-4,9-10,27H,2,5-8H2,1H3,(H,20,22)(H,21,24,26). The van der Waals surface area contributed by atoms with Crippen LogP contribution in [0, 0.1) is 11.7 Å². The van der Waals surface area contributed by atoms with E-state index in [2.05, 4.69) is 53.9 Å². The molecule has 0 bridgehead atoms. The molecule has 1 amide bonds. The molecule has 0 spiro atoms. The highest BCUT2D eigenvalue weighted by Gasteiger charge is 2.27. The highest BCUT2D eigenvalue weighted by Crippen LogP contribution is 2.23. The SMILES string of the molecule is CCN1CCC(C(=O)Nc2nonc2/C(=N\O)Nc2ccc(F)c(Br)c2)CC1. The van der Waals surface area contributed by atoms with E-state index in [1.54, 1.807) is 0 Å². The van der Waals surface area contributed by atoms with Gasteiger partial charge in [-0.25, -0.2) is 9.02 Å². The quantitative estimate of drug-likeness (QED) is 0.275. The number of aromatic nitrogens is 2. The molecule has 2 heterocycles. The summed E-state index contributed by atoms with van der Waals surface area (Å²) in [6.07, 6.45) is 1.51. The molecule has 1 aliphatic rings. The van der Waals surface area contributed by atoms with Crippen LogP contribution in [0.2, 0.25) is 0 Å². The molecule has 3 N–H and O–H groups in total. The zero-order valence-corrected chi connectivity index (χ0v) is 16.7. The van der Waals surface area contributed by atoms with Crippen molar-refractivity contribution in [3.63, 3.8) is 0 Å². The van der Waals surface area contributed by atoms with E-state index >= 15 is 0 Å². The number of nitrogens with one attached hydrogen (secondary N) is 2. The van der Waals surface area contributed by atoms with E-state index in [0.717, 1.165) is 32.5 Å². The van der Waals surface area contributed by atoms with E-state index in [-0.39, 0.29) is 33.6 Å². The Morgan fingerprint density at radius 3 is 2.79 bits per heavy atom. The van der Waals surface area contributed by atoms with Crippen molar-refractivity contribution in [3.05, 3.63) is 34.2 Å². The minimum atomic E-state index is -0.432. The van der Waals surface area contributed by atoms with Crippen LogP contribution in [-0.2, 0) is 4.79 Å². The first kappa shape index (κ1) is 20.2. The number of hydrogen-bond acceptors (Lipinski definition) is 7. The summed E-state index contributed by atoms with van der Waals surface area (Å²) in [6, 6.07) is 4.17. The fourth-order valence-corrected chi connectivity index (χ4v) is 3.38. The van der Waals surface area contributed by atoms with Gasteiger partial charge in [0.1, 0.15) is 5.82 Å².